The summed E-state index contributed by atoms with van der Waals surface area (Å²) in [6.07, 6.45) is 1.88. The molecule has 1 aliphatic heterocycles. The quantitative estimate of drug-likeness (QED) is 0.642. The topological polar surface area (TPSA) is 106 Å². The van der Waals surface area contributed by atoms with Crippen LogP contribution in [0.4, 0.5) is 5.69 Å². The fourth-order valence-corrected chi connectivity index (χ4v) is 5.10. The van der Waals surface area contributed by atoms with E-state index in [1.54, 1.807) is 18.2 Å². The average Bonchev–Trinajstić information content (AvgIpc) is 3.15. The fourth-order valence-electron chi connectivity index (χ4n) is 3.49. The predicted octanol–water partition coefficient (Wildman–Crippen LogP) is 1.92. The average molecular weight is 430 g/mol. The van der Waals surface area contributed by atoms with Crippen LogP contribution in [0.1, 0.15) is 19.8 Å². The van der Waals surface area contributed by atoms with Gasteiger partial charge in [0.15, 0.2) is 6.61 Å². The number of hydrogen-bond acceptors (Lipinski definition) is 6. The molecule has 2 aromatic carbocycles. The van der Waals surface area contributed by atoms with Crippen molar-refractivity contribution in [3.8, 4) is 0 Å². The van der Waals surface area contributed by atoms with E-state index in [1.165, 1.54) is 16.4 Å². The molecule has 1 amide bonds. The van der Waals surface area contributed by atoms with E-state index in [9.17, 15) is 13.2 Å². The number of carbonyl (C=O) groups excluding carboxylic acids is 1. The summed E-state index contributed by atoms with van der Waals surface area (Å²) in [7, 11) is -3.62. The molecule has 4 rings (SSSR count). The highest BCUT2D eigenvalue weighted by atomic mass is 32.2. The summed E-state index contributed by atoms with van der Waals surface area (Å²) in [5, 5.41) is 10.6. The molecule has 1 N–H and O–H groups in total. The van der Waals surface area contributed by atoms with E-state index in [0.29, 0.717) is 35.7 Å². The second-order valence-corrected chi connectivity index (χ2v) is 9.35. The molecule has 0 spiro atoms. The molecule has 1 aliphatic rings. The minimum absolute atomic E-state index is 0.157. The zero-order chi connectivity index (χ0) is 21.1. The molecule has 1 unspecified atom stereocenters. The zero-order valence-electron chi connectivity index (χ0n) is 16.6. The van der Waals surface area contributed by atoms with E-state index in [4.69, 9.17) is 4.84 Å². The minimum atomic E-state index is -3.62. The number of sulfonamides is 1. The largest absolute Gasteiger partial charge is 0.385 e. The second kappa shape index (κ2) is 8.41. The van der Waals surface area contributed by atoms with Crippen molar-refractivity contribution in [1.29, 1.82) is 0 Å². The first-order valence-electron chi connectivity index (χ1n) is 9.77. The van der Waals surface area contributed by atoms with Gasteiger partial charge in [0.2, 0.25) is 10.0 Å². The summed E-state index contributed by atoms with van der Waals surface area (Å²) in [6.45, 7) is 2.78. The van der Waals surface area contributed by atoms with Crippen molar-refractivity contribution in [2.75, 3.05) is 25.0 Å². The summed E-state index contributed by atoms with van der Waals surface area (Å²) in [6, 6.07) is 13.6. The third kappa shape index (κ3) is 4.29. The summed E-state index contributed by atoms with van der Waals surface area (Å²) < 4.78 is 27.6. The second-order valence-electron chi connectivity index (χ2n) is 7.41. The molecule has 0 saturated carbocycles. The number of amides is 1. The zero-order valence-corrected chi connectivity index (χ0v) is 17.4. The van der Waals surface area contributed by atoms with Crippen LogP contribution in [0.3, 0.4) is 0 Å². The normalized spacial score (nSPS) is 17.7. The summed E-state index contributed by atoms with van der Waals surface area (Å²) >= 11 is 0. The molecular weight excluding hydrogens is 406 g/mol. The lowest BCUT2D eigenvalue weighted by Crippen LogP contribution is -2.39. The minimum Gasteiger partial charge on any atom is -0.385 e. The van der Waals surface area contributed by atoms with E-state index in [1.807, 2.05) is 18.2 Å². The van der Waals surface area contributed by atoms with Gasteiger partial charge >= 0.3 is 0 Å². The lowest BCUT2D eigenvalue weighted by atomic mass is 10.0. The Morgan fingerprint density at radius 3 is 2.80 bits per heavy atom. The first-order chi connectivity index (χ1) is 14.4. The van der Waals surface area contributed by atoms with E-state index in [2.05, 4.69) is 22.6 Å². The van der Waals surface area contributed by atoms with Crippen LogP contribution >= 0.6 is 0 Å². The monoisotopic (exact) mass is 429 g/mol. The van der Waals surface area contributed by atoms with Crippen LogP contribution in [0.15, 0.2) is 53.4 Å². The SMILES string of the molecule is CC1CCCN(S(=O)(=O)c2ccc3nnn(OCC(=O)Nc4ccccc4)c3c2)C1. The highest BCUT2D eigenvalue weighted by Gasteiger charge is 2.29. The Bertz CT molecular complexity index is 1150. The number of nitrogens with one attached hydrogen (secondary N) is 1. The van der Waals surface area contributed by atoms with Crippen molar-refractivity contribution < 1.29 is 18.0 Å². The van der Waals surface area contributed by atoms with Gasteiger partial charge in [0.25, 0.3) is 5.91 Å². The van der Waals surface area contributed by atoms with Gasteiger partial charge in [0, 0.05) is 18.8 Å². The highest BCUT2D eigenvalue weighted by Crippen LogP contribution is 2.25. The number of piperidine rings is 1. The van der Waals surface area contributed by atoms with Crippen LogP contribution in [-0.4, -0.2) is 53.5 Å². The fraction of sp³-hybridized carbons (Fsp3) is 0.350. The first-order valence-corrected chi connectivity index (χ1v) is 11.2. The van der Waals surface area contributed by atoms with Crippen LogP contribution in [0.5, 0.6) is 0 Å². The third-order valence-corrected chi connectivity index (χ3v) is 6.88. The molecule has 0 aliphatic carbocycles. The third-order valence-electron chi connectivity index (χ3n) is 5.02. The summed E-state index contributed by atoms with van der Waals surface area (Å²) in [5.74, 6) is -0.0353. The first kappa shape index (κ1) is 20.3. The van der Waals surface area contributed by atoms with E-state index >= 15 is 0 Å². The maximum atomic E-state index is 13.0. The van der Waals surface area contributed by atoms with Crippen molar-refractivity contribution in [2.45, 2.75) is 24.7 Å². The van der Waals surface area contributed by atoms with Crippen LogP contribution in [0.25, 0.3) is 11.0 Å². The molecule has 1 atom stereocenters. The van der Waals surface area contributed by atoms with Gasteiger partial charge < -0.3 is 10.2 Å². The Morgan fingerprint density at radius 2 is 2.03 bits per heavy atom. The van der Waals surface area contributed by atoms with Crippen LogP contribution < -0.4 is 10.2 Å². The molecule has 3 aromatic rings. The number of hydrogen-bond donors (Lipinski definition) is 1. The van der Waals surface area contributed by atoms with Gasteiger partial charge in [-0.2, -0.15) is 4.31 Å². The number of benzene rings is 2. The van der Waals surface area contributed by atoms with Crippen molar-refractivity contribution in [3.63, 3.8) is 0 Å². The maximum absolute atomic E-state index is 13.0. The van der Waals surface area contributed by atoms with Crippen molar-refractivity contribution in [2.24, 2.45) is 5.92 Å². The Balaban J connectivity index is 1.51. The van der Waals surface area contributed by atoms with Crippen LogP contribution in [0.2, 0.25) is 0 Å². The number of rotatable bonds is 6. The van der Waals surface area contributed by atoms with Gasteiger partial charge in [-0.1, -0.05) is 30.0 Å². The predicted molar refractivity (Wildman–Crippen MR) is 111 cm³/mol. The summed E-state index contributed by atoms with van der Waals surface area (Å²) in [5.41, 5.74) is 1.51. The molecule has 9 nitrogen and oxygen atoms in total. The molecule has 30 heavy (non-hydrogen) atoms. The Kier molecular flexibility index (Phi) is 5.69. The van der Waals surface area contributed by atoms with Gasteiger partial charge in [-0.25, -0.2) is 8.42 Å². The lowest BCUT2D eigenvalue weighted by molar-refractivity contribution is -0.121. The Labute approximate surface area is 174 Å². The van der Waals surface area contributed by atoms with E-state index in [0.717, 1.165) is 17.7 Å². The molecule has 0 bridgehead atoms. The van der Waals surface area contributed by atoms with E-state index < -0.39 is 10.0 Å². The molecule has 1 fully saturated rings. The number of para-hydroxylation sites is 1. The van der Waals surface area contributed by atoms with Crippen molar-refractivity contribution in [3.05, 3.63) is 48.5 Å². The van der Waals surface area contributed by atoms with Gasteiger partial charge in [0.05, 0.1) is 4.90 Å². The van der Waals surface area contributed by atoms with Gasteiger partial charge in [0.1, 0.15) is 11.0 Å². The molecule has 158 valence electrons. The standard InChI is InChI=1S/C20H23N5O4S/c1-15-6-5-11-24(13-15)30(27,28)17-9-10-18-19(12-17)25(23-22-18)29-14-20(26)21-16-7-3-2-4-8-16/h2-4,7-10,12,15H,5-6,11,13-14H2,1H3,(H,21,26). The molecule has 0 radical (unpaired) electrons. The molecular formula is C20H23N5O4S. The van der Waals surface area contributed by atoms with Crippen molar-refractivity contribution >= 4 is 32.7 Å². The molecule has 2 heterocycles. The Hall–Kier alpha value is -2.98. The smallest absolute Gasteiger partial charge is 0.265 e. The summed E-state index contributed by atoms with van der Waals surface area (Å²) in [4.78, 5) is 18.8. The number of carbonyl (C=O) groups is 1. The number of anilines is 1. The molecule has 10 heteroatoms. The lowest BCUT2D eigenvalue weighted by Gasteiger charge is -2.30. The van der Waals surface area contributed by atoms with Gasteiger partial charge in [-0.15, -0.1) is 5.10 Å². The Morgan fingerprint density at radius 1 is 1.23 bits per heavy atom. The number of nitrogens with zero attached hydrogens (tertiary/aromatic N) is 4. The van der Waals surface area contributed by atoms with Crippen LogP contribution in [-0.2, 0) is 14.8 Å². The van der Waals surface area contributed by atoms with Gasteiger partial charge in [-0.3, -0.25) is 4.79 Å². The molecule has 1 saturated heterocycles. The van der Waals surface area contributed by atoms with Gasteiger partial charge in [-0.05, 0) is 54.3 Å². The maximum Gasteiger partial charge on any atom is 0.265 e. The van der Waals surface area contributed by atoms with Crippen LogP contribution in [0, 0.1) is 5.92 Å². The van der Waals surface area contributed by atoms with Crippen molar-refractivity contribution in [1.82, 2.24) is 19.5 Å². The molecule has 1 aromatic heterocycles. The number of aromatic nitrogens is 3. The number of fused-ring (bicyclic) bond motifs is 1. The van der Waals surface area contributed by atoms with E-state index in [-0.39, 0.29) is 17.4 Å². The highest BCUT2D eigenvalue weighted by molar-refractivity contribution is 7.89.